The van der Waals surface area contributed by atoms with Crippen LogP contribution in [-0.4, -0.2) is 51.4 Å². The summed E-state index contributed by atoms with van der Waals surface area (Å²) in [7, 11) is -2.91. The highest BCUT2D eigenvalue weighted by molar-refractivity contribution is 7.92. The molecule has 0 radical (unpaired) electrons. The highest BCUT2D eigenvalue weighted by atomic mass is 32.2. The number of carbonyl (C=O) groups is 2. The minimum absolute atomic E-state index is 0.0680. The standard InChI is InChI=1S/C27H29F2N3O5S/c1-4-37-24-13-11-23(12-14-24)32(38(35,36)25-15-9-22(29)10-16-25)18-26(33)31(19(2)27(34)30-3)17-20-5-7-21(28)8-6-20/h5-16,19H,4,17-18H2,1-3H3,(H,30,34)/t19-/m0/s1. The highest BCUT2D eigenvalue weighted by Crippen LogP contribution is 2.27. The Balaban J connectivity index is 2.02. The molecule has 3 aromatic rings. The molecule has 0 unspecified atom stereocenters. The number of amides is 2. The number of rotatable bonds is 11. The lowest BCUT2D eigenvalue weighted by molar-refractivity contribution is -0.139. The van der Waals surface area contributed by atoms with Crippen LogP contribution in [0.4, 0.5) is 14.5 Å². The lowest BCUT2D eigenvalue weighted by Gasteiger charge is -2.31. The lowest BCUT2D eigenvalue weighted by atomic mass is 10.1. The van der Waals surface area contributed by atoms with Crippen LogP contribution in [0, 0.1) is 11.6 Å². The Bertz CT molecular complexity index is 1350. The molecule has 1 N–H and O–H groups in total. The molecule has 0 aliphatic heterocycles. The number of ether oxygens (including phenoxy) is 1. The molecule has 38 heavy (non-hydrogen) atoms. The van der Waals surface area contributed by atoms with Crippen molar-refractivity contribution in [2.45, 2.75) is 31.3 Å². The average molecular weight is 546 g/mol. The van der Waals surface area contributed by atoms with E-state index in [4.69, 9.17) is 4.74 Å². The van der Waals surface area contributed by atoms with Crippen molar-refractivity contribution in [1.82, 2.24) is 10.2 Å². The number of halogens is 2. The van der Waals surface area contributed by atoms with Gasteiger partial charge in [-0.05, 0) is 80.1 Å². The van der Waals surface area contributed by atoms with Crippen LogP contribution in [0.5, 0.6) is 5.75 Å². The summed E-state index contributed by atoms with van der Waals surface area (Å²) in [4.78, 5) is 27.1. The molecule has 202 valence electrons. The number of nitrogens with zero attached hydrogens (tertiary/aromatic N) is 2. The SMILES string of the molecule is CCOc1ccc(N(CC(=O)N(Cc2ccc(F)cc2)[C@@H](C)C(=O)NC)S(=O)(=O)c2ccc(F)cc2)cc1. The maximum Gasteiger partial charge on any atom is 0.264 e. The van der Waals surface area contributed by atoms with E-state index in [-0.39, 0.29) is 17.1 Å². The molecule has 0 bridgehead atoms. The molecule has 0 spiro atoms. The molecule has 0 aromatic heterocycles. The van der Waals surface area contributed by atoms with E-state index in [9.17, 15) is 26.8 Å². The van der Waals surface area contributed by atoms with Crippen LogP contribution >= 0.6 is 0 Å². The number of hydrogen-bond acceptors (Lipinski definition) is 5. The van der Waals surface area contributed by atoms with Crippen LogP contribution < -0.4 is 14.4 Å². The van der Waals surface area contributed by atoms with Crippen LogP contribution in [0.3, 0.4) is 0 Å². The van der Waals surface area contributed by atoms with Crippen molar-refractivity contribution >= 4 is 27.5 Å². The van der Waals surface area contributed by atoms with Crippen LogP contribution in [0.25, 0.3) is 0 Å². The second kappa shape index (κ2) is 12.5. The molecule has 8 nitrogen and oxygen atoms in total. The van der Waals surface area contributed by atoms with Crippen LogP contribution in [-0.2, 0) is 26.2 Å². The first-order valence-electron chi connectivity index (χ1n) is 11.8. The minimum atomic E-state index is -4.33. The first-order valence-corrected chi connectivity index (χ1v) is 13.3. The third-order valence-corrected chi connectivity index (χ3v) is 7.58. The van der Waals surface area contributed by atoms with Crippen molar-refractivity contribution in [3.63, 3.8) is 0 Å². The maximum atomic E-state index is 13.6. The van der Waals surface area contributed by atoms with Gasteiger partial charge >= 0.3 is 0 Å². The third-order valence-electron chi connectivity index (χ3n) is 5.80. The molecule has 11 heteroatoms. The molecular weight excluding hydrogens is 516 g/mol. The molecule has 0 fully saturated rings. The summed E-state index contributed by atoms with van der Waals surface area (Å²) in [6.45, 7) is 3.00. The highest BCUT2D eigenvalue weighted by Gasteiger charge is 2.32. The van der Waals surface area contributed by atoms with E-state index in [1.165, 1.54) is 55.3 Å². The fourth-order valence-electron chi connectivity index (χ4n) is 3.72. The van der Waals surface area contributed by atoms with Crippen LogP contribution in [0.2, 0.25) is 0 Å². The fourth-order valence-corrected chi connectivity index (χ4v) is 5.13. The number of anilines is 1. The van der Waals surface area contributed by atoms with Crippen molar-refractivity contribution in [1.29, 1.82) is 0 Å². The lowest BCUT2D eigenvalue weighted by Crippen LogP contribution is -2.50. The Hall–Kier alpha value is -3.99. The Kier molecular flexibility index (Phi) is 9.40. The van der Waals surface area contributed by atoms with Crippen LogP contribution in [0.1, 0.15) is 19.4 Å². The van der Waals surface area contributed by atoms with Gasteiger partial charge in [-0.25, -0.2) is 17.2 Å². The van der Waals surface area contributed by atoms with E-state index >= 15 is 0 Å². The second-order valence-electron chi connectivity index (χ2n) is 8.33. The Morgan fingerprint density at radius 2 is 1.47 bits per heavy atom. The van der Waals surface area contributed by atoms with E-state index in [1.807, 2.05) is 0 Å². The zero-order chi connectivity index (χ0) is 27.9. The number of likely N-dealkylation sites (N-methyl/N-ethyl adjacent to an activating group) is 1. The number of sulfonamides is 1. The molecule has 2 amide bonds. The zero-order valence-electron chi connectivity index (χ0n) is 21.2. The molecule has 0 saturated carbocycles. The van der Waals surface area contributed by atoms with Gasteiger partial charge in [-0.15, -0.1) is 0 Å². The molecule has 0 heterocycles. The van der Waals surface area contributed by atoms with Crippen molar-refractivity contribution in [2.75, 3.05) is 24.5 Å². The Labute approximate surface area is 220 Å². The quantitative estimate of drug-likeness (QED) is 0.396. The van der Waals surface area contributed by atoms with Crippen molar-refractivity contribution in [3.05, 3.63) is 90.0 Å². The van der Waals surface area contributed by atoms with Gasteiger partial charge in [0, 0.05) is 13.6 Å². The smallest absolute Gasteiger partial charge is 0.264 e. The monoisotopic (exact) mass is 545 g/mol. The minimum Gasteiger partial charge on any atom is -0.494 e. The van der Waals surface area contributed by atoms with Gasteiger partial charge in [-0.1, -0.05) is 12.1 Å². The third kappa shape index (κ3) is 6.86. The number of nitrogens with one attached hydrogen (secondary N) is 1. The maximum absolute atomic E-state index is 13.6. The van der Waals surface area contributed by atoms with E-state index in [0.717, 1.165) is 28.6 Å². The number of carbonyl (C=O) groups excluding carboxylic acids is 2. The van der Waals surface area contributed by atoms with Crippen molar-refractivity contribution < 1.29 is 31.5 Å². The fraction of sp³-hybridized carbons (Fsp3) is 0.259. The van der Waals surface area contributed by atoms with E-state index in [0.29, 0.717) is 17.9 Å². The average Bonchev–Trinajstić information content (AvgIpc) is 2.91. The van der Waals surface area contributed by atoms with Gasteiger partial charge < -0.3 is 15.0 Å². The first-order chi connectivity index (χ1) is 18.1. The second-order valence-corrected chi connectivity index (χ2v) is 10.2. The summed E-state index contributed by atoms with van der Waals surface area (Å²) < 4.78 is 60.6. The largest absolute Gasteiger partial charge is 0.494 e. The van der Waals surface area contributed by atoms with Crippen molar-refractivity contribution in [2.24, 2.45) is 0 Å². The predicted octanol–water partition coefficient (Wildman–Crippen LogP) is 3.72. The van der Waals surface area contributed by atoms with Gasteiger partial charge in [0.1, 0.15) is 30.0 Å². The van der Waals surface area contributed by atoms with Gasteiger partial charge in [0.25, 0.3) is 10.0 Å². The summed E-state index contributed by atoms with van der Waals surface area (Å²) in [6.07, 6.45) is 0. The first kappa shape index (κ1) is 28.6. The van der Waals surface area contributed by atoms with Crippen LogP contribution in [0.15, 0.2) is 77.7 Å². The van der Waals surface area contributed by atoms with Gasteiger partial charge in [0.2, 0.25) is 11.8 Å². The van der Waals surface area contributed by atoms with E-state index in [2.05, 4.69) is 5.32 Å². The van der Waals surface area contributed by atoms with Gasteiger partial charge in [0.15, 0.2) is 0 Å². The van der Waals surface area contributed by atoms with E-state index < -0.39 is 46.1 Å². The molecule has 1 atom stereocenters. The van der Waals surface area contributed by atoms with Gasteiger partial charge in [0.05, 0.1) is 17.2 Å². The summed E-state index contributed by atoms with van der Waals surface area (Å²) in [6, 6.07) is 14.8. The Morgan fingerprint density at radius 1 is 0.921 bits per heavy atom. The summed E-state index contributed by atoms with van der Waals surface area (Å²) >= 11 is 0. The molecule has 0 aliphatic carbocycles. The predicted molar refractivity (Wildman–Crippen MR) is 139 cm³/mol. The summed E-state index contributed by atoms with van der Waals surface area (Å²) in [5.74, 6) is -1.71. The van der Waals surface area contributed by atoms with E-state index in [1.54, 1.807) is 19.1 Å². The Morgan fingerprint density at radius 3 is 2.00 bits per heavy atom. The molecule has 3 aromatic carbocycles. The zero-order valence-corrected chi connectivity index (χ0v) is 22.0. The molecule has 0 aliphatic rings. The van der Waals surface area contributed by atoms with Gasteiger partial charge in [-0.2, -0.15) is 0 Å². The summed E-state index contributed by atoms with van der Waals surface area (Å²) in [5, 5.41) is 2.49. The molecule has 3 rings (SSSR count). The number of hydrogen-bond donors (Lipinski definition) is 1. The van der Waals surface area contributed by atoms with Gasteiger partial charge in [-0.3, -0.25) is 13.9 Å². The topological polar surface area (TPSA) is 96.0 Å². The molecule has 0 saturated heterocycles. The summed E-state index contributed by atoms with van der Waals surface area (Å²) in [5.41, 5.74) is 0.713. The molecular formula is C27H29F2N3O5S. The van der Waals surface area contributed by atoms with Crippen molar-refractivity contribution in [3.8, 4) is 5.75 Å². The number of benzene rings is 3. The normalized spacial score (nSPS) is 11.9.